The van der Waals surface area contributed by atoms with Crippen molar-refractivity contribution in [1.29, 1.82) is 0 Å². The fraction of sp³-hybridized carbons (Fsp3) is 0.154. The maximum atomic E-state index is 12.8. The van der Waals surface area contributed by atoms with Crippen LogP contribution >= 0.6 is 0 Å². The van der Waals surface area contributed by atoms with E-state index in [4.69, 9.17) is 9.52 Å². The minimum Gasteiger partial charge on any atom is -0.478 e. The summed E-state index contributed by atoms with van der Waals surface area (Å²) in [5, 5.41) is 14.3. The molecule has 2 heterocycles. The summed E-state index contributed by atoms with van der Waals surface area (Å²) < 4.78 is 5.79. The van der Waals surface area contributed by atoms with Gasteiger partial charge in [0, 0.05) is 17.3 Å². The molecule has 0 saturated carbocycles. The molecule has 4 amide bonds. The number of hydrogen-bond donors (Lipinski definition) is 3. The van der Waals surface area contributed by atoms with Crippen LogP contribution in [0.4, 0.5) is 10.5 Å². The lowest BCUT2D eigenvalue weighted by Gasteiger charge is -2.13. The van der Waals surface area contributed by atoms with Crippen LogP contribution in [0.3, 0.4) is 0 Å². The lowest BCUT2D eigenvalue weighted by atomic mass is 10.0. The lowest BCUT2D eigenvalue weighted by Crippen LogP contribution is -2.38. The van der Waals surface area contributed by atoms with Gasteiger partial charge in [0.25, 0.3) is 5.91 Å². The molecule has 0 radical (unpaired) electrons. The number of amides is 4. The second-order valence-electron chi connectivity index (χ2n) is 7.98. The van der Waals surface area contributed by atoms with Crippen LogP contribution < -0.4 is 10.6 Å². The Morgan fingerprint density at radius 2 is 1.89 bits per heavy atom. The minimum atomic E-state index is -1.02. The number of aryl methyl sites for hydroxylation is 2. The molecule has 0 unspecified atom stereocenters. The molecule has 1 aromatic heterocycles. The number of rotatable bonds is 7. The highest BCUT2D eigenvalue weighted by Crippen LogP contribution is 2.28. The second kappa shape index (κ2) is 9.68. The van der Waals surface area contributed by atoms with E-state index >= 15 is 0 Å². The van der Waals surface area contributed by atoms with E-state index in [0.29, 0.717) is 28.3 Å². The molecule has 1 aliphatic rings. The molecule has 9 nitrogen and oxygen atoms in total. The molecule has 1 aliphatic heterocycles. The van der Waals surface area contributed by atoms with Crippen LogP contribution in [0, 0.1) is 6.92 Å². The second-order valence-corrected chi connectivity index (χ2v) is 7.98. The SMILES string of the molecule is CCc1ccccc1NC(=O)CN1C(=O)N/C(=C/c2ccc(-c3ccc(C(=O)O)cc3C)o2)C1=O. The van der Waals surface area contributed by atoms with E-state index in [1.165, 1.54) is 12.1 Å². The van der Waals surface area contributed by atoms with Crippen LogP contribution in [-0.4, -0.2) is 40.4 Å². The number of carbonyl (C=O) groups is 4. The van der Waals surface area contributed by atoms with Gasteiger partial charge in [-0.3, -0.25) is 9.59 Å². The molecule has 2 aromatic carbocycles. The molecule has 0 bridgehead atoms. The van der Waals surface area contributed by atoms with Crippen molar-refractivity contribution in [1.82, 2.24) is 10.2 Å². The highest BCUT2D eigenvalue weighted by molar-refractivity contribution is 6.15. The summed E-state index contributed by atoms with van der Waals surface area (Å²) in [6.45, 7) is 3.30. The smallest absolute Gasteiger partial charge is 0.335 e. The predicted molar refractivity (Wildman–Crippen MR) is 129 cm³/mol. The number of hydrogen-bond acceptors (Lipinski definition) is 5. The topological polar surface area (TPSA) is 129 Å². The number of anilines is 1. The monoisotopic (exact) mass is 473 g/mol. The van der Waals surface area contributed by atoms with Crippen LogP contribution in [0.1, 0.15) is 34.2 Å². The molecule has 178 valence electrons. The molecule has 4 rings (SSSR count). The number of para-hydroxylation sites is 1. The van der Waals surface area contributed by atoms with Crippen molar-refractivity contribution in [3.05, 3.63) is 82.7 Å². The molecule has 3 N–H and O–H groups in total. The molecular formula is C26H23N3O6. The average Bonchev–Trinajstić information content (AvgIpc) is 3.39. The number of carboxylic acid groups (broad SMARTS) is 1. The first-order chi connectivity index (χ1) is 16.8. The third-order valence-electron chi connectivity index (χ3n) is 5.59. The number of carbonyl (C=O) groups excluding carboxylic acids is 3. The predicted octanol–water partition coefficient (Wildman–Crippen LogP) is 4.05. The van der Waals surface area contributed by atoms with Crippen LogP contribution in [0.25, 0.3) is 17.4 Å². The number of furan rings is 1. The van der Waals surface area contributed by atoms with E-state index in [1.807, 2.05) is 19.1 Å². The summed E-state index contributed by atoms with van der Waals surface area (Å²) in [5.41, 5.74) is 3.15. The van der Waals surface area contributed by atoms with E-state index < -0.39 is 30.4 Å². The van der Waals surface area contributed by atoms with Crippen molar-refractivity contribution in [2.45, 2.75) is 20.3 Å². The van der Waals surface area contributed by atoms with Gasteiger partial charge in [0.05, 0.1) is 5.56 Å². The summed E-state index contributed by atoms with van der Waals surface area (Å²) in [5.74, 6) is -1.36. The third-order valence-corrected chi connectivity index (χ3v) is 5.59. The zero-order valence-electron chi connectivity index (χ0n) is 19.1. The van der Waals surface area contributed by atoms with Gasteiger partial charge in [0.1, 0.15) is 23.8 Å². The van der Waals surface area contributed by atoms with Gasteiger partial charge < -0.3 is 20.2 Å². The fourth-order valence-corrected chi connectivity index (χ4v) is 3.79. The Hall–Kier alpha value is -4.66. The molecule has 0 atom stereocenters. The largest absolute Gasteiger partial charge is 0.478 e. The normalized spacial score (nSPS) is 14.3. The van der Waals surface area contributed by atoms with Gasteiger partial charge in [0.2, 0.25) is 5.91 Å². The standard InChI is InChI=1S/C26H23N3O6/c1-3-16-6-4-5-7-20(16)27-23(30)14-29-24(31)21(28-26(29)34)13-18-9-11-22(35-18)19-10-8-17(25(32)33)12-15(19)2/h4-13H,3,14H2,1-2H3,(H,27,30)(H,28,34)(H,32,33)/b21-13+. The lowest BCUT2D eigenvalue weighted by molar-refractivity contribution is -0.127. The van der Waals surface area contributed by atoms with Gasteiger partial charge in [-0.2, -0.15) is 0 Å². The number of carboxylic acids is 1. The summed E-state index contributed by atoms with van der Waals surface area (Å²) in [7, 11) is 0. The van der Waals surface area contributed by atoms with Crippen molar-refractivity contribution in [2.24, 2.45) is 0 Å². The van der Waals surface area contributed by atoms with Gasteiger partial charge in [-0.1, -0.05) is 31.2 Å². The summed E-state index contributed by atoms with van der Waals surface area (Å²) in [4.78, 5) is 49.6. The maximum absolute atomic E-state index is 12.8. The van der Waals surface area contributed by atoms with Crippen molar-refractivity contribution in [3.63, 3.8) is 0 Å². The first-order valence-corrected chi connectivity index (χ1v) is 10.9. The first kappa shape index (κ1) is 23.5. The highest BCUT2D eigenvalue weighted by atomic mass is 16.4. The van der Waals surface area contributed by atoms with E-state index in [-0.39, 0.29) is 11.3 Å². The zero-order valence-corrected chi connectivity index (χ0v) is 19.1. The Bertz CT molecular complexity index is 1370. The Kier molecular flexibility index (Phi) is 6.50. The van der Waals surface area contributed by atoms with Crippen LogP contribution in [0.15, 0.2) is 64.7 Å². The van der Waals surface area contributed by atoms with Gasteiger partial charge in [0.15, 0.2) is 0 Å². The molecular weight excluding hydrogens is 450 g/mol. The van der Waals surface area contributed by atoms with Gasteiger partial charge >= 0.3 is 12.0 Å². The van der Waals surface area contributed by atoms with E-state index in [2.05, 4.69) is 10.6 Å². The number of imide groups is 1. The average molecular weight is 473 g/mol. The van der Waals surface area contributed by atoms with Crippen molar-refractivity contribution < 1.29 is 28.7 Å². The zero-order chi connectivity index (χ0) is 25.1. The van der Waals surface area contributed by atoms with Gasteiger partial charge in [-0.05, 0) is 54.8 Å². The molecule has 0 spiro atoms. The van der Waals surface area contributed by atoms with Crippen molar-refractivity contribution in [2.75, 3.05) is 11.9 Å². The van der Waals surface area contributed by atoms with Gasteiger partial charge in [-0.25, -0.2) is 14.5 Å². The number of nitrogens with zero attached hydrogens (tertiary/aromatic N) is 1. The Morgan fingerprint density at radius 3 is 2.60 bits per heavy atom. The Labute approximate surface area is 201 Å². The Balaban J connectivity index is 1.47. The summed E-state index contributed by atoms with van der Waals surface area (Å²) in [6.07, 6.45) is 2.11. The number of aromatic carboxylic acids is 1. The molecule has 35 heavy (non-hydrogen) atoms. The Morgan fingerprint density at radius 1 is 1.11 bits per heavy atom. The quantitative estimate of drug-likeness (QED) is 0.351. The van der Waals surface area contributed by atoms with E-state index in [1.54, 1.807) is 43.3 Å². The highest BCUT2D eigenvalue weighted by Gasteiger charge is 2.35. The van der Waals surface area contributed by atoms with Crippen LogP contribution in [0.5, 0.6) is 0 Å². The molecule has 1 saturated heterocycles. The number of benzene rings is 2. The van der Waals surface area contributed by atoms with E-state index in [9.17, 15) is 19.2 Å². The van der Waals surface area contributed by atoms with Crippen molar-refractivity contribution in [3.8, 4) is 11.3 Å². The van der Waals surface area contributed by atoms with Crippen molar-refractivity contribution >= 4 is 35.6 Å². The summed E-state index contributed by atoms with van der Waals surface area (Å²) >= 11 is 0. The molecule has 9 heteroatoms. The maximum Gasteiger partial charge on any atom is 0.335 e. The third kappa shape index (κ3) is 4.98. The molecule has 0 aliphatic carbocycles. The number of urea groups is 1. The number of nitrogens with one attached hydrogen (secondary N) is 2. The van der Waals surface area contributed by atoms with Crippen LogP contribution in [0.2, 0.25) is 0 Å². The first-order valence-electron chi connectivity index (χ1n) is 10.9. The molecule has 1 fully saturated rings. The van der Waals surface area contributed by atoms with E-state index in [0.717, 1.165) is 16.9 Å². The summed E-state index contributed by atoms with van der Waals surface area (Å²) in [6, 6.07) is 14.6. The van der Waals surface area contributed by atoms with Crippen LogP contribution in [-0.2, 0) is 16.0 Å². The molecule has 3 aromatic rings. The fourth-order valence-electron chi connectivity index (χ4n) is 3.79. The minimum absolute atomic E-state index is 0.0180. The van der Waals surface area contributed by atoms with Gasteiger partial charge in [-0.15, -0.1) is 0 Å².